The van der Waals surface area contributed by atoms with Crippen molar-refractivity contribution in [3.8, 4) is 5.75 Å². The molecule has 0 aliphatic rings. The van der Waals surface area contributed by atoms with Crippen molar-refractivity contribution in [2.24, 2.45) is 0 Å². The van der Waals surface area contributed by atoms with Gasteiger partial charge in [-0.2, -0.15) is 0 Å². The molecule has 2 aromatic rings. The van der Waals surface area contributed by atoms with Crippen molar-refractivity contribution in [2.75, 3.05) is 19.0 Å². The molecule has 0 aromatic heterocycles. The maximum Gasteiger partial charge on any atom is 0.240 e. The maximum absolute atomic E-state index is 12.3. The normalized spacial score (nSPS) is 11.2. The summed E-state index contributed by atoms with van der Waals surface area (Å²) < 4.78 is 32.3. The highest BCUT2D eigenvalue weighted by molar-refractivity contribution is 7.89. The number of carbonyl (C=O) groups excluding carboxylic acids is 1. The largest absolute Gasteiger partial charge is 0.497 e. The summed E-state index contributed by atoms with van der Waals surface area (Å²) in [7, 11) is -1.90. The number of ether oxygens (including phenoxy) is 1. The Morgan fingerprint density at radius 2 is 1.66 bits per heavy atom. The smallest absolute Gasteiger partial charge is 0.240 e. The number of unbranched alkanes of at least 4 members (excludes halogenated alkanes) is 3. The Kier molecular flexibility index (Phi) is 9.15. The molecule has 0 atom stereocenters. The molecule has 6 nitrogen and oxygen atoms in total. The Labute approximate surface area is 173 Å². The molecular weight excluding hydrogens is 388 g/mol. The number of benzene rings is 2. The van der Waals surface area contributed by atoms with Gasteiger partial charge in [0.05, 0.1) is 12.0 Å². The number of anilines is 1. The van der Waals surface area contributed by atoms with Gasteiger partial charge < -0.3 is 10.1 Å². The Bertz CT molecular complexity index is 863. The second kappa shape index (κ2) is 11.6. The van der Waals surface area contributed by atoms with E-state index in [9.17, 15) is 13.2 Å². The molecule has 2 rings (SSSR count). The Hall–Kier alpha value is -2.38. The lowest BCUT2D eigenvalue weighted by Gasteiger charge is -2.09. The van der Waals surface area contributed by atoms with Crippen LogP contribution in [0, 0.1) is 0 Å². The molecule has 158 valence electrons. The first-order chi connectivity index (χ1) is 13.9. The van der Waals surface area contributed by atoms with E-state index in [0.29, 0.717) is 25.1 Å². The van der Waals surface area contributed by atoms with Crippen molar-refractivity contribution in [3.05, 3.63) is 54.1 Å². The number of amides is 1. The van der Waals surface area contributed by atoms with Crippen LogP contribution < -0.4 is 14.8 Å². The highest BCUT2D eigenvalue weighted by Crippen LogP contribution is 2.16. The summed E-state index contributed by atoms with van der Waals surface area (Å²) >= 11 is 0. The van der Waals surface area contributed by atoms with Gasteiger partial charge in [-0.15, -0.1) is 0 Å². The zero-order chi connectivity index (χ0) is 21.1. The average Bonchev–Trinajstić information content (AvgIpc) is 2.73. The van der Waals surface area contributed by atoms with Crippen LogP contribution in [0.15, 0.2) is 53.4 Å². The Morgan fingerprint density at radius 1 is 0.966 bits per heavy atom. The third kappa shape index (κ3) is 7.87. The highest BCUT2D eigenvalue weighted by Gasteiger charge is 2.13. The molecule has 2 aromatic carbocycles. The van der Waals surface area contributed by atoms with Crippen LogP contribution >= 0.6 is 0 Å². The van der Waals surface area contributed by atoms with E-state index in [1.54, 1.807) is 19.2 Å². The molecule has 0 unspecified atom stereocenters. The van der Waals surface area contributed by atoms with Crippen LogP contribution in [0.25, 0.3) is 0 Å². The molecule has 0 spiro atoms. The van der Waals surface area contributed by atoms with Gasteiger partial charge in [-0.05, 0) is 54.8 Å². The fourth-order valence-electron chi connectivity index (χ4n) is 2.83. The van der Waals surface area contributed by atoms with Crippen LogP contribution in [0.3, 0.4) is 0 Å². The molecule has 29 heavy (non-hydrogen) atoms. The van der Waals surface area contributed by atoms with Crippen molar-refractivity contribution in [3.63, 3.8) is 0 Å². The van der Waals surface area contributed by atoms with E-state index in [2.05, 4.69) is 17.0 Å². The number of hydrogen-bond donors (Lipinski definition) is 2. The lowest BCUT2D eigenvalue weighted by atomic mass is 10.1. The summed E-state index contributed by atoms with van der Waals surface area (Å²) in [5.74, 6) is 0.661. The van der Waals surface area contributed by atoms with Crippen LogP contribution in [-0.2, 0) is 21.2 Å². The van der Waals surface area contributed by atoms with Gasteiger partial charge in [-0.25, -0.2) is 13.1 Å². The Balaban J connectivity index is 1.81. The molecule has 1 amide bonds. The molecule has 0 heterocycles. The molecule has 0 radical (unpaired) electrons. The fraction of sp³-hybridized carbons (Fsp3) is 0.409. The van der Waals surface area contributed by atoms with Gasteiger partial charge in [-0.1, -0.05) is 38.3 Å². The zero-order valence-corrected chi connectivity index (χ0v) is 17.9. The third-order valence-corrected chi connectivity index (χ3v) is 6.05. The first-order valence-electron chi connectivity index (χ1n) is 9.97. The zero-order valence-electron chi connectivity index (χ0n) is 17.1. The number of rotatable bonds is 12. The molecule has 0 fully saturated rings. The van der Waals surface area contributed by atoms with Gasteiger partial charge in [0.15, 0.2) is 0 Å². The topological polar surface area (TPSA) is 84.5 Å². The van der Waals surface area contributed by atoms with E-state index in [0.717, 1.165) is 37.0 Å². The minimum Gasteiger partial charge on any atom is -0.497 e. The van der Waals surface area contributed by atoms with Crippen LogP contribution in [0.2, 0.25) is 0 Å². The van der Waals surface area contributed by atoms with Gasteiger partial charge in [-0.3, -0.25) is 4.79 Å². The van der Waals surface area contributed by atoms with Gasteiger partial charge in [0.1, 0.15) is 5.75 Å². The molecule has 0 saturated carbocycles. The van der Waals surface area contributed by atoms with Crippen LogP contribution in [0.1, 0.15) is 44.6 Å². The molecule has 2 N–H and O–H groups in total. The lowest BCUT2D eigenvalue weighted by Crippen LogP contribution is -2.24. The van der Waals surface area contributed by atoms with Crippen molar-refractivity contribution >= 4 is 21.6 Å². The minimum absolute atomic E-state index is 0.120. The first kappa shape index (κ1) is 22.9. The van der Waals surface area contributed by atoms with Gasteiger partial charge in [0.25, 0.3) is 0 Å². The first-order valence-corrected chi connectivity index (χ1v) is 11.5. The number of methoxy groups -OCH3 is 1. The number of hydrogen-bond acceptors (Lipinski definition) is 4. The van der Waals surface area contributed by atoms with E-state index in [-0.39, 0.29) is 10.8 Å². The van der Waals surface area contributed by atoms with Gasteiger partial charge in [0, 0.05) is 18.7 Å². The van der Waals surface area contributed by atoms with Crippen LogP contribution in [0.5, 0.6) is 5.75 Å². The molecular formula is C22H30N2O4S. The number of aryl methyl sites for hydroxylation is 1. The van der Waals surface area contributed by atoms with E-state index in [1.807, 2.05) is 24.3 Å². The summed E-state index contributed by atoms with van der Waals surface area (Å²) in [5, 5.41) is 2.80. The predicted octanol–water partition coefficient (Wildman–Crippen LogP) is 4.13. The third-order valence-electron chi connectivity index (χ3n) is 4.57. The summed E-state index contributed by atoms with van der Waals surface area (Å²) in [5.41, 5.74) is 1.62. The van der Waals surface area contributed by atoms with Gasteiger partial charge in [0.2, 0.25) is 15.9 Å². The standard InChI is InChI=1S/C22H30N2O4S/c1-3-4-5-6-17-23-29(26,27)21-14-10-19(11-15-21)24-22(25)16-9-18-7-12-20(28-2)13-8-18/h7-8,10-15,23H,3-6,9,16-17H2,1-2H3,(H,24,25). The minimum atomic E-state index is -3.52. The number of nitrogens with one attached hydrogen (secondary N) is 2. The van der Waals surface area contributed by atoms with Crippen LogP contribution in [0.4, 0.5) is 5.69 Å². The number of sulfonamides is 1. The summed E-state index contributed by atoms with van der Waals surface area (Å²) in [6.45, 7) is 2.55. The molecule has 0 bridgehead atoms. The van der Waals surface area contributed by atoms with Crippen molar-refractivity contribution in [2.45, 2.75) is 50.3 Å². The maximum atomic E-state index is 12.3. The molecule has 7 heteroatoms. The number of carbonyl (C=O) groups is 1. The Morgan fingerprint density at radius 3 is 2.28 bits per heavy atom. The van der Waals surface area contributed by atoms with Crippen molar-refractivity contribution in [1.29, 1.82) is 0 Å². The predicted molar refractivity (Wildman–Crippen MR) is 116 cm³/mol. The average molecular weight is 419 g/mol. The SMILES string of the molecule is CCCCCCNS(=O)(=O)c1ccc(NC(=O)CCc2ccc(OC)cc2)cc1. The monoisotopic (exact) mass is 418 g/mol. The van der Waals surface area contributed by atoms with E-state index >= 15 is 0 Å². The quantitative estimate of drug-likeness (QED) is 0.508. The summed E-state index contributed by atoms with van der Waals surface area (Å²) in [6, 6.07) is 13.8. The molecule has 0 aliphatic heterocycles. The summed E-state index contributed by atoms with van der Waals surface area (Å²) in [4.78, 5) is 12.4. The van der Waals surface area contributed by atoms with E-state index in [1.165, 1.54) is 12.1 Å². The second-order valence-electron chi connectivity index (χ2n) is 6.88. The van der Waals surface area contributed by atoms with Crippen LogP contribution in [-0.4, -0.2) is 28.0 Å². The molecule has 0 aliphatic carbocycles. The second-order valence-corrected chi connectivity index (χ2v) is 8.65. The fourth-order valence-corrected chi connectivity index (χ4v) is 3.91. The summed E-state index contributed by atoms with van der Waals surface area (Å²) in [6.07, 6.45) is 5.01. The highest BCUT2D eigenvalue weighted by atomic mass is 32.2. The van der Waals surface area contributed by atoms with E-state index in [4.69, 9.17) is 4.74 Å². The van der Waals surface area contributed by atoms with Gasteiger partial charge >= 0.3 is 0 Å². The molecule has 0 saturated heterocycles. The van der Waals surface area contributed by atoms with Crippen molar-refractivity contribution < 1.29 is 17.9 Å². The van der Waals surface area contributed by atoms with Crippen molar-refractivity contribution in [1.82, 2.24) is 4.72 Å². The lowest BCUT2D eigenvalue weighted by molar-refractivity contribution is -0.116. The van der Waals surface area contributed by atoms with E-state index < -0.39 is 10.0 Å².